The highest BCUT2D eigenvalue weighted by Gasteiger charge is 2.11. The van der Waals surface area contributed by atoms with E-state index in [1.165, 1.54) is 0 Å². The molecule has 0 spiro atoms. The minimum absolute atomic E-state index is 0.178. The Morgan fingerprint density at radius 3 is 2.79 bits per heavy atom. The first kappa shape index (κ1) is 11.1. The van der Waals surface area contributed by atoms with Crippen molar-refractivity contribution in [2.45, 2.75) is 19.2 Å². The van der Waals surface area contributed by atoms with E-state index in [0.717, 1.165) is 12.8 Å². The van der Waals surface area contributed by atoms with Gasteiger partial charge < -0.3 is 9.84 Å². The van der Waals surface area contributed by atoms with Crippen LogP contribution in [0.2, 0.25) is 0 Å². The fourth-order valence-corrected chi connectivity index (χ4v) is 1.47. The van der Waals surface area contributed by atoms with Crippen LogP contribution in [-0.2, 0) is 22.1 Å². The van der Waals surface area contributed by atoms with Gasteiger partial charge in [-0.25, -0.2) is 8.42 Å². The lowest BCUT2D eigenvalue weighted by molar-refractivity contribution is 0.365. The molecular formula is C7H13N3O3S. The Morgan fingerprint density at radius 2 is 2.21 bits per heavy atom. The molecule has 0 saturated carbocycles. The van der Waals surface area contributed by atoms with Gasteiger partial charge in [-0.3, -0.25) is 0 Å². The average molecular weight is 219 g/mol. The summed E-state index contributed by atoms with van der Waals surface area (Å²) in [7, 11) is -3.09. The van der Waals surface area contributed by atoms with E-state index in [0.29, 0.717) is 12.4 Å². The summed E-state index contributed by atoms with van der Waals surface area (Å²) in [6.45, 7) is 3.21. The third-order valence-corrected chi connectivity index (χ3v) is 2.21. The fraction of sp³-hybridized carbons (Fsp3) is 0.714. The molecule has 1 rings (SSSR count). The number of rotatable bonds is 5. The Morgan fingerprint density at radius 1 is 1.50 bits per heavy atom. The number of sulfone groups is 1. The van der Waals surface area contributed by atoms with E-state index in [9.17, 15) is 8.42 Å². The van der Waals surface area contributed by atoms with Crippen molar-refractivity contribution < 1.29 is 12.9 Å². The number of hydrogen-bond acceptors (Lipinski definition) is 6. The zero-order valence-corrected chi connectivity index (χ0v) is 8.97. The third-order valence-electron chi connectivity index (χ3n) is 1.43. The Hall–Kier alpha value is -0.950. The summed E-state index contributed by atoms with van der Waals surface area (Å²) >= 11 is 0. The minimum atomic E-state index is -3.09. The van der Waals surface area contributed by atoms with Crippen molar-refractivity contribution in [2.24, 2.45) is 0 Å². The first-order valence-corrected chi connectivity index (χ1v) is 6.27. The van der Waals surface area contributed by atoms with Gasteiger partial charge in [-0.2, -0.15) is 4.98 Å². The number of nitrogens with zero attached hydrogens (tertiary/aromatic N) is 2. The molecule has 1 heterocycles. The fourth-order valence-electron chi connectivity index (χ4n) is 0.887. The number of aromatic nitrogens is 2. The maximum Gasteiger partial charge on any atom is 0.240 e. The zero-order valence-electron chi connectivity index (χ0n) is 8.15. The largest absolute Gasteiger partial charge is 0.338 e. The van der Waals surface area contributed by atoms with Gasteiger partial charge in [0.25, 0.3) is 0 Å². The van der Waals surface area contributed by atoms with Gasteiger partial charge in [-0.15, -0.1) is 0 Å². The monoisotopic (exact) mass is 219 g/mol. The van der Waals surface area contributed by atoms with Crippen LogP contribution >= 0.6 is 0 Å². The van der Waals surface area contributed by atoms with Crippen LogP contribution < -0.4 is 5.32 Å². The van der Waals surface area contributed by atoms with E-state index in [2.05, 4.69) is 15.5 Å². The first-order chi connectivity index (χ1) is 6.51. The molecule has 0 unspecified atom stereocenters. The summed E-state index contributed by atoms with van der Waals surface area (Å²) in [6, 6.07) is 0. The van der Waals surface area contributed by atoms with Crippen molar-refractivity contribution in [3.05, 3.63) is 11.7 Å². The van der Waals surface area contributed by atoms with Crippen molar-refractivity contribution in [3.63, 3.8) is 0 Å². The Balaban J connectivity index is 2.59. The SMILES string of the molecule is CCNCc1nc(CS(C)(=O)=O)no1. The Bertz CT molecular complexity index is 385. The predicted octanol–water partition coefficient (Wildman–Crippen LogP) is -0.276. The molecule has 1 aromatic heterocycles. The molecule has 0 atom stereocenters. The smallest absolute Gasteiger partial charge is 0.240 e. The summed E-state index contributed by atoms with van der Waals surface area (Å²) in [5, 5.41) is 6.54. The van der Waals surface area contributed by atoms with E-state index in [4.69, 9.17) is 4.52 Å². The second-order valence-electron chi connectivity index (χ2n) is 2.95. The molecule has 0 bridgehead atoms. The molecule has 0 aliphatic rings. The molecule has 0 saturated heterocycles. The molecule has 80 valence electrons. The van der Waals surface area contributed by atoms with Crippen LogP contribution in [0.3, 0.4) is 0 Å². The van der Waals surface area contributed by atoms with E-state index < -0.39 is 9.84 Å². The maximum absolute atomic E-state index is 10.9. The molecule has 1 aromatic rings. The predicted molar refractivity (Wildman–Crippen MR) is 50.2 cm³/mol. The molecule has 7 heteroatoms. The van der Waals surface area contributed by atoms with E-state index in [1.54, 1.807) is 0 Å². The van der Waals surface area contributed by atoms with E-state index in [-0.39, 0.29) is 11.6 Å². The topological polar surface area (TPSA) is 85.1 Å². The van der Waals surface area contributed by atoms with Gasteiger partial charge in [0.2, 0.25) is 5.89 Å². The van der Waals surface area contributed by atoms with Crippen LogP contribution in [0.25, 0.3) is 0 Å². The highest BCUT2D eigenvalue weighted by molar-refractivity contribution is 7.89. The third kappa shape index (κ3) is 3.84. The molecular weight excluding hydrogens is 206 g/mol. The molecule has 0 fully saturated rings. The van der Waals surface area contributed by atoms with Crippen LogP contribution in [0.4, 0.5) is 0 Å². The van der Waals surface area contributed by atoms with Crippen LogP contribution in [0.5, 0.6) is 0 Å². The minimum Gasteiger partial charge on any atom is -0.338 e. The van der Waals surface area contributed by atoms with Crippen LogP contribution in [0, 0.1) is 0 Å². The molecule has 0 aliphatic carbocycles. The van der Waals surface area contributed by atoms with Gasteiger partial charge in [0.1, 0.15) is 5.75 Å². The highest BCUT2D eigenvalue weighted by Crippen LogP contribution is 2.01. The van der Waals surface area contributed by atoms with Gasteiger partial charge >= 0.3 is 0 Å². The lowest BCUT2D eigenvalue weighted by Crippen LogP contribution is -2.12. The van der Waals surface area contributed by atoms with Crippen LogP contribution in [0.1, 0.15) is 18.6 Å². The lowest BCUT2D eigenvalue weighted by atomic mass is 10.6. The van der Waals surface area contributed by atoms with Crippen molar-refractivity contribution in [3.8, 4) is 0 Å². The van der Waals surface area contributed by atoms with Crippen molar-refractivity contribution in [1.29, 1.82) is 0 Å². The van der Waals surface area contributed by atoms with Crippen LogP contribution in [0.15, 0.2) is 4.52 Å². The zero-order chi connectivity index (χ0) is 10.6. The average Bonchev–Trinajstić information content (AvgIpc) is 2.46. The van der Waals surface area contributed by atoms with Gasteiger partial charge in [0.15, 0.2) is 15.7 Å². The van der Waals surface area contributed by atoms with Gasteiger partial charge in [0, 0.05) is 6.26 Å². The molecule has 0 aliphatic heterocycles. The van der Waals surface area contributed by atoms with E-state index >= 15 is 0 Å². The maximum atomic E-state index is 10.9. The summed E-state index contributed by atoms with van der Waals surface area (Å²) < 4.78 is 26.6. The van der Waals surface area contributed by atoms with Gasteiger partial charge in [0.05, 0.1) is 6.54 Å². The molecule has 1 N–H and O–H groups in total. The molecule has 0 radical (unpaired) electrons. The lowest BCUT2D eigenvalue weighted by Gasteiger charge is -1.92. The second kappa shape index (κ2) is 4.52. The molecule has 0 amide bonds. The number of nitrogens with one attached hydrogen (secondary N) is 1. The van der Waals surface area contributed by atoms with Crippen molar-refractivity contribution in [1.82, 2.24) is 15.5 Å². The summed E-state index contributed by atoms with van der Waals surface area (Å²) in [6.07, 6.45) is 1.13. The number of hydrogen-bond donors (Lipinski definition) is 1. The summed E-state index contributed by atoms with van der Waals surface area (Å²) in [5.74, 6) is 0.439. The second-order valence-corrected chi connectivity index (χ2v) is 5.09. The van der Waals surface area contributed by atoms with Crippen LogP contribution in [-0.4, -0.2) is 31.4 Å². The van der Waals surface area contributed by atoms with Gasteiger partial charge in [-0.05, 0) is 6.54 Å². The molecule has 0 aromatic carbocycles. The quantitative estimate of drug-likeness (QED) is 0.733. The van der Waals surface area contributed by atoms with Gasteiger partial charge in [-0.1, -0.05) is 12.1 Å². The first-order valence-electron chi connectivity index (χ1n) is 4.21. The van der Waals surface area contributed by atoms with Crippen molar-refractivity contribution >= 4 is 9.84 Å². The molecule has 6 nitrogen and oxygen atoms in total. The molecule has 14 heavy (non-hydrogen) atoms. The highest BCUT2D eigenvalue weighted by atomic mass is 32.2. The normalized spacial score (nSPS) is 11.9. The standard InChI is InChI=1S/C7H13N3O3S/c1-3-8-4-7-9-6(10-13-7)5-14(2,11)12/h8H,3-5H2,1-2H3. The summed E-state index contributed by atoms with van der Waals surface area (Å²) in [4.78, 5) is 3.91. The Labute approximate surface area is 82.6 Å². The summed E-state index contributed by atoms with van der Waals surface area (Å²) in [5.41, 5.74) is 0. The Kier molecular flexibility index (Phi) is 3.59. The van der Waals surface area contributed by atoms with Crippen molar-refractivity contribution in [2.75, 3.05) is 12.8 Å². The van der Waals surface area contributed by atoms with E-state index in [1.807, 2.05) is 6.92 Å².